The molecule has 2 aliphatic heterocycles. The maximum atomic E-state index is 12.9. The number of imidazole rings is 1. The van der Waals surface area contributed by atoms with Crippen molar-refractivity contribution in [1.82, 2.24) is 19.8 Å². The van der Waals surface area contributed by atoms with Gasteiger partial charge in [-0.05, 0) is 31.9 Å². The molecule has 1 aromatic carbocycles. The SMILES string of the molecule is Cc1ncc(CNC(=O)N2CC=CC23CCOCC3)n1-c1ccccc1. The Labute approximate surface area is 153 Å². The fourth-order valence-corrected chi connectivity index (χ4v) is 3.90. The standard InChI is InChI=1S/C20H24N4O2/c1-16-21-14-18(24(16)17-6-3-2-4-7-17)15-22-19(25)23-11-5-8-20(23)9-12-26-13-10-20/h2-8,14H,9-13,15H2,1H3,(H,22,25). The van der Waals surface area contributed by atoms with Crippen molar-refractivity contribution in [3.8, 4) is 5.69 Å². The van der Waals surface area contributed by atoms with E-state index in [4.69, 9.17) is 4.74 Å². The molecule has 6 nitrogen and oxygen atoms in total. The lowest BCUT2D eigenvalue weighted by molar-refractivity contribution is 0.0222. The maximum absolute atomic E-state index is 12.9. The summed E-state index contributed by atoms with van der Waals surface area (Å²) >= 11 is 0. The molecule has 136 valence electrons. The number of benzene rings is 1. The number of urea groups is 1. The van der Waals surface area contributed by atoms with Crippen LogP contribution in [-0.2, 0) is 11.3 Å². The second kappa shape index (κ2) is 6.96. The number of rotatable bonds is 3. The number of nitrogens with zero attached hydrogens (tertiary/aromatic N) is 3. The molecule has 1 saturated heterocycles. The average Bonchev–Trinajstić information content (AvgIpc) is 3.24. The quantitative estimate of drug-likeness (QED) is 0.864. The number of aryl methyl sites for hydroxylation is 1. The predicted octanol–water partition coefficient (Wildman–Crippen LogP) is 2.81. The van der Waals surface area contributed by atoms with E-state index in [9.17, 15) is 4.79 Å². The maximum Gasteiger partial charge on any atom is 0.318 e. The normalized spacial score (nSPS) is 18.4. The van der Waals surface area contributed by atoms with Crippen LogP contribution in [0.1, 0.15) is 24.4 Å². The minimum atomic E-state index is -0.183. The first-order valence-electron chi connectivity index (χ1n) is 9.09. The fourth-order valence-electron chi connectivity index (χ4n) is 3.90. The van der Waals surface area contributed by atoms with Gasteiger partial charge in [-0.3, -0.25) is 4.57 Å². The lowest BCUT2D eigenvalue weighted by atomic mass is 9.90. The van der Waals surface area contributed by atoms with Gasteiger partial charge in [0.2, 0.25) is 0 Å². The summed E-state index contributed by atoms with van der Waals surface area (Å²) in [5.74, 6) is 0.907. The van der Waals surface area contributed by atoms with Gasteiger partial charge in [-0.1, -0.05) is 30.4 Å². The Morgan fingerprint density at radius 3 is 2.81 bits per heavy atom. The van der Waals surface area contributed by atoms with Crippen LogP contribution in [0.4, 0.5) is 4.79 Å². The molecule has 0 aliphatic carbocycles. The summed E-state index contributed by atoms with van der Waals surface area (Å²) in [6, 6.07) is 10.0. The van der Waals surface area contributed by atoms with Gasteiger partial charge in [0.1, 0.15) is 5.82 Å². The molecule has 2 aromatic rings. The van der Waals surface area contributed by atoms with Crippen LogP contribution in [0.2, 0.25) is 0 Å². The molecule has 2 aliphatic rings. The van der Waals surface area contributed by atoms with Crippen molar-refractivity contribution < 1.29 is 9.53 Å². The molecule has 1 N–H and O–H groups in total. The third-order valence-corrected chi connectivity index (χ3v) is 5.30. The Morgan fingerprint density at radius 1 is 1.27 bits per heavy atom. The number of aromatic nitrogens is 2. The number of amides is 2. The highest BCUT2D eigenvalue weighted by Gasteiger charge is 2.41. The Hall–Kier alpha value is -2.60. The summed E-state index contributed by atoms with van der Waals surface area (Å²) in [6.45, 7) is 4.47. The monoisotopic (exact) mass is 352 g/mol. The molecule has 1 spiro atoms. The van der Waals surface area contributed by atoms with Crippen molar-refractivity contribution in [2.45, 2.75) is 31.8 Å². The molecular weight excluding hydrogens is 328 g/mol. The van der Waals surface area contributed by atoms with Crippen molar-refractivity contribution in [3.05, 3.63) is 60.2 Å². The molecule has 0 bridgehead atoms. The van der Waals surface area contributed by atoms with Gasteiger partial charge in [-0.25, -0.2) is 9.78 Å². The van der Waals surface area contributed by atoms with Crippen LogP contribution in [0.15, 0.2) is 48.7 Å². The van der Waals surface area contributed by atoms with Crippen molar-refractivity contribution in [3.63, 3.8) is 0 Å². The summed E-state index contributed by atoms with van der Waals surface area (Å²) in [5, 5.41) is 3.08. The zero-order valence-corrected chi connectivity index (χ0v) is 15.0. The molecule has 0 unspecified atom stereocenters. The van der Waals surface area contributed by atoms with Gasteiger partial charge in [0.05, 0.1) is 24.0 Å². The summed E-state index contributed by atoms with van der Waals surface area (Å²) in [6.07, 6.45) is 7.81. The van der Waals surface area contributed by atoms with E-state index in [1.165, 1.54) is 0 Å². The second-order valence-corrected chi connectivity index (χ2v) is 6.86. The first-order chi connectivity index (χ1) is 12.7. The Balaban J connectivity index is 1.47. The number of hydrogen-bond acceptors (Lipinski definition) is 3. The molecule has 1 aromatic heterocycles. The first-order valence-corrected chi connectivity index (χ1v) is 9.09. The molecule has 4 rings (SSSR count). The van der Waals surface area contributed by atoms with Crippen LogP contribution in [0.3, 0.4) is 0 Å². The molecule has 0 saturated carbocycles. The van der Waals surface area contributed by atoms with Crippen molar-refractivity contribution in [2.75, 3.05) is 19.8 Å². The summed E-state index contributed by atoms with van der Waals surface area (Å²) < 4.78 is 7.55. The third-order valence-electron chi connectivity index (χ3n) is 5.30. The highest BCUT2D eigenvalue weighted by atomic mass is 16.5. The molecule has 2 amide bonds. The first kappa shape index (κ1) is 16.8. The lowest BCUT2D eigenvalue weighted by Gasteiger charge is -2.40. The third kappa shape index (κ3) is 3.01. The number of ether oxygens (including phenoxy) is 1. The van der Waals surface area contributed by atoms with E-state index >= 15 is 0 Å². The number of nitrogens with one attached hydrogen (secondary N) is 1. The van der Waals surface area contributed by atoms with Crippen molar-refractivity contribution >= 4 is 6.03 Å². The molecule has 6 heteroatoms. The smallest absolute Gasteiger partial charge is 0.318 e. The average molecular weight is 352 g/mol. The van der Waals surface area contributed by atoms with Crippen molar-refractivity contribution in [2.24, 2.45) is 0 Å². The molecule has 1 fully saturated rings. The van der Waals surface area contributed by atoms with E-state index in [-0.39, 0.29) is 11.6 Å². The van der Waals surface area contributed by atoms with Crippen molar-refractivity contribution in [1.29, 1.82) is 0 Å². The predicted molar refractivity (Wildman–Crippen MR) is 99.2 cm³/mol. The van der Waals surface area contributed by atoms with Gasteiger partial charge >= 0.3 is 6.03 Å². The van der Waals surface area contributed by atoms with Crippen LogP contribution in [0.25, 0.3) is 5.69 Å². The topological polar surface area (TPSA) is 59.4 Å². The minimum absolute atomic E-state index is 0.0321. The Morgan fingerprint density at radius 2 is 2.04 bits per heavy atom. The highest BCUT2D eigenvalue weighted by Crippen LogP contribution is 2.33. The molecule has 3 heterocycles. The van der Waals surface area contributed by atoms with E-state index < -0.39 is 0 Å². The second-order valence-electron chi connectivity index (χ2n) is 6.86. The van der Waals surface area contributed by atoms with Crippen LogP contribution < -0.4 is 5.32 Å². The van der Waals surface area contributed by atoms with Gasteiger partial charge in [0.15, 0.2) is 0 Å². The van der Waals surface area contributed by atoms with Gasteiger partial charge in [0.25, 0.3) is 0 Å². The van der Waals surface area contributed by atoms with Crippen LogP contribution in [0.5, 0.6) is 0 Å². The molecule has 0 radical (unpaired) electrons. The van der Waals surface area contributed by atoms with Crippen LogP contribution >= 0.6 is 0 Å². The summed E-state index contributed by atoms with van der Waals surface area (Å²) in [5.41, 5.74) is 1.84. The van der Waals surface area contributed by atoms with E-state index in [1.54, 1.807) is 0 Å². The van der Waals surface area contributed by atoms with Crippen LogP contribution in [0, 0.1) is 6.92 Å². The fraction of sp³-hybridized carbons (Fsp3) is 0.400. The number of hydrogen-bond donors (Lipinski definition) is 1. The van der Waals surface area contributed by atoms with Gasteiger partial charge in [0, 0.05) is 25.4 Å². The molecule has 26 heavy (non-hydrogen) atoms. The molecular formula is C20H24N4O2. The summed E-state index contributed by atoms with van der Waals surface area (Å²) in [7, 11) is 0. The summed E-state index contributed by atoms with van der Waals surface area (Å²) in [4.78, 5) is 19.2. The largest absolute Gasteiger partial charge is 0.381 e. The number of carbonyl (C=O) groups excluding carboxylic acids is 1. The zero-order valence-electron chi connectivity index (χ0n) is 15.0. The van der Waals surface area contributed by atoms with E-state index in [0.717, 1.165) is 30.0 Å². The van der Waals surface area contributed by atoms with E-state index in [1.807, 2.05) is 48.4 Å². The Bertz CT molecular complexity index is 806. The van der Waals surface area contributed by atoms with E-state index in [2.05, 4.69) is 27.0 Å². The Kier molecular flexibility index (Phi) is 4.51. The number of carbonyl (C=O) groups is 1. The lowest BCUT2D eigenvalue weighted by Crippen LogP contribution is -2.54. The van der Waals surface area contributed by atoms with Gasteiger partial charge in [-0.2, -0.15) is 0 Å². The highest BCUT2D eigenvalue weighted by molar-refractivity contribution is 5.76. The minimum Gasteiger partial charge on any atom is -0.381 e. The van der Waals surface area contributed by atoms with Crippen LogP contribution in [-0.4, -0.2) is 45.8 Å². The zero-order chi connectivity index (χ0) is 18.0. The molecule has 0 atom stereocenters. The van der Waals surface area contributed by atoms with Gasteiger partial charge in [-0.15, -0.1) is 0 Å². The number of para-hydroxylation sites is 1. The van der Waals surface area contributed by atoms with E-state index in [0.29, 0.717) is 26.3 Å². The van der Waals surface area contributed by atoms with Gasteiger partial charge < -0.3 is 15.0 Å².